The molecule has 0 aliphatic rings. The molecule has 0 spiro atoms. The summed E-state index contributed by atoms with van der Waals surface area (Å²) in [6, 6.07) is 6.19. The smallest absolute Gasteiger partial charge is 0.271 e. The van der Waals surface area contributed by atoms with Crippen molar-refractivity contribution in [2.45, 2.75) is 13.0 Å². The molecule has 0 saturated heterocycles. The molecule has 0 saturated carbocycles. The number of benzene rings is 1. The average Bonchev–Trinajstić information content (AvgIpc) is 2.92. The molecule has 19 heavy (non-hydrogen) atoms. The van der Waals surface area contributed by atoms with E-state index in [0.29, 0.717) is 11.4 Å². The van der Waals surface area contributed by atoms with Crippen LogP contribution in [0.5, 0.6) is 5.75 Å². The summed E-state index contributed by atoms with van der Waals surface area (Å²) >= 11 is 0. The van der Waals surface area contributed by atoms with E-state index < -0.39 is 4.92 Å². The first-order chi connectivity index (χ1) is 9.11. The number of H-pyrrole nitrogens is 1. The van der Waals surface area contributed by atoms with Gasteiger partial charge in [-0.1, -0.05) is 0 Å². The summed E-state index contributed by atoms with van der Waals surface area (Å²) in [5.41, 5.74) is 1.47. The number of nitrogens with zero attached hydrogens (tertiary/aromatic N) is 2. The van der Waals surface area contributed by atoms with Gasteiger partial charge in [0.15, 0.2) is 0 Å². The predicted octanol–water partition coefficient (Wildman–Crippen LogP) is 2.50. The summed E-state index contributed by atoms with van der Waals surface area (Å²) in [4.78, 5) is 10.3. The Labute approximate surface area is 109 Å². The Hall–Kier alpha value is -2.57. The fourth-order valence-corrected chi connectivity index (χ4v) is 1.74. The zero-order valence-electron chi connectivity index (χ0n) is 10.6. The van der Waals surface area contributed by atoms with Crippen molar-refractivity contribution in [2.75, 3.05) is 12.4 Å². The number of ether oxygens (including phenoxy) is 1. The van der Waals surface area contributed by atoms with Gasteiger partial charge in [-0.05, 0) is 19.1 Å². The molecule has 0 aliphatic heterocycles. The van der Waals surface area contributed by atoms with Crippen LogP contribution in [0.3, 0.4) is 0 Å². The number of aromatic amines is 1. The van der Waals surface area contributed by atoms with Crippen molar-refractivity contribution in [3.63, 3.8) is 0 Å². The number of nitrogens with one attached hydrogen (secondary N) is 2. The molecule has 2 N–H and O–H groups in total. The fraction of sp³-hybridized carbons (Fsp3) is 0.250. The van der Waals surface area contributed by atoms with Gasteiger partial charge >= 0.3 is 0 Å². The Morgan fingerprint density at radius 3 is 2.84 bits per heavy atom. The SMILES string of the molecule is COc1ccc([N+](=O)[O-])cc1NC(C)c1ccn[nH]1. The van der Waals surface area contributed by atoms with E-state index in [1.807, 2.05) is 13.0 Å². The number of anilines is 1. The lowest BCUT2D eigenvalue weighted by Gasteiger charge is -2.16. The lowest BCUT2D eigenvalue weighted by molar-refractivity contribution is -0.384. The van der Waals surface area contributed by atoms with Crippen LogP contribution in [-0.4, -0.2) is 22.2 Å². The average molecular weight is 262 g/mol. The highest BCUT2D eigenvalue weighted by molar-refractivity contribution is 5.62. The molecular weight excluding hydrogens is 248 g/mol. The van der Waals surface area contributed by atoms with Gasteiger partial charge in [0.1, 0.15) is 5.75 Å². The van der Waals surface area contributed by atoms with Gasteiger partial charge in [0.25, 0.3) is 5.69 Å². The molecule has 0 amide bonds. The second-order valence-corrected chi connectivity index (χ2v) is 4.02. The normalized spacial score (nSPS) is 11.9. The summed E-state index contributed by atoms with van der Waals surface area (Å²) in [6.45, 7) is 1.92. The molecule has 2 aromatic rings. The third-order valence-corrected chi connectivity index (χ3v) is 2.75. The monoisotopic (exact) mass is 262 g/mol. The zero-order chi connectivity index (χ0) is 13.8. The molecule has 0 radical (unpaired) electrons. The van der Waals surface area contributed by atoms with E-state index in [1.54, 1.807) is 12.3 Å². The molecule has 1 heterocycles. The molecule has 7 heteroatoms. The van der Waals surface area contributed by atoms with Gasteiger partial charge in [-0.25, -0.2) is 0 Å². The second-order valence-electron chi connectivity index (χ2n) is 4.02. The first kappa shape index (κ1) is 12.9. The molecule has 0 bridgehead atoms. The maximum Gasteiger partial charge on any atom is 0.271 e. The van der Waals surface area contributed by atoms with Gasteiger partial charge < -0.3 is 10.1 Å². The van der Waals surface area contributed by atoms with Gasteiger partial charge in [0, 0.05) is 18.3 Å². The lowest BCUT2D eigenvalue weighted by atomic mass is 10.2. The van der Waals surface area contributed by atoms with Gasteiger partial charge in [-0.15, -0.1) is 0 Å². The van der Waals surface area contributed by atoms with E-state index in [9.17, 15) is 10.1 Å². The van der Waals surface area contributed by atoms with E-state index in [0.717, 1.165) is 5.69 Å². The lowest BCUT2D eigenvalue weighted by Crippen LogP contribution is -2.08. The molecule has 0 aliphatic carbocycles. The van der Waals surface area contributed by atoms with Crippen LogP contribution in [0.15, 0.2) is 30.5 Å². The van der Waals surface area contributed by atoms with E-state index in [4.69, 9.17) is 4.74 Å². The zero-order valence-corrected chi connectivity index (χ0v) is 10.6. The minimum absolute atomic E-state index is 0.0140. The highest BCUT2D eigenvalue weighted by Gasteiger charge is 2.14. The van der Waals surface area contributed by atoms with Crippen LogP contribution in [0, 0.1) is 10.1 Å². The number of nitro groups is 1. The molecular formula is C12H14N4O3. The molecule has 7 nitrogen and oxygen atoms in total. The van der Waals surface area contributed by atoms with Crippen LogP contribution in [-0.2, 0) is 0 Å². The largest absolute Gasteiger partial charge is 0.495 e. The van der Waals surface area contributed by atoms with Crippen molar-refractivity contribution in [1.82, 2.24) is 10.2 Å². The van der Waals surface area contributed by atoms with Gasteiger partial charge in [0.05, 0.1) is 29.5 Å². The van der Waals surface area contributed by atoms with Crippen LogP contribution in [0.2, 0.25) is 0 Å². The van der Waals surface area contributed by atoms with Crippen molar-refractivity contribution in [1.29, 1.82) is 0 Å². The van der Waals surface area contributed by atoms with Crippen LogP contribution in [0.4, 0.5) is 11.4 Å². The van der Waals surface area contributed by atoms with Crippen molar-refractivity contribution in [3.05, 3.63) is 46.3 Å². The number of methoxy groups -OCH3 is 1. The van der Waals surface area contributed by atoms with Crippen molar-refractivity contribution < 1.29 is 9.66 Å². The topological polar surface area (TPSA) is 93.1 Å². The van der Waals surface area contributed by atoms with Crippen LogP contribution in [0.1, 0.15) is 18.7 Å². The highest BCUT2D eigenvalue weighted by Crippen LogP contribution is 2.31. The maximum atomic E-state index is 10.8. The Balaban J connectivity index is 2.27. The number of rotatable bonds is 5. The Kier molecular flexibility index (Phi) is 3.65. The van der Waals surface area contributed by atoms with Gasteiger partial charge in [-0.3, -0.25) is 15.2 Å². The Morgan fingerprint density at radius 1 is 1.47 bits per heavy atom. The fourth-order valence-electron chi connectivity index (χ4n) is 1.74. The molecule has 1 aromatic carbocycles. The molecule has 0 fully saturated rings. The van der Waals surface area contributed by atoms with Crippen molar-refractivity contribution >= 4 is 11.4 Å². The Morgan fingerprint density at radius 2 is 2.26 bits per heavy atom. The van der Waals surface area contributed by atoms with Crippen LogP contribution < -0.4 is 10.1 Å². The van der Waals surface area contributed by atoms with Gasteiger partial charge in [-0.2, -0.15) is 5.10 Å². The van der Waals surface area contributed by atoms with Crippen LogP contribution in [0.25, 0.3) is 0 Å². The molecule has 1 aromatic heterocycles. The first-order valence-electron chi connectivity index (χ1n) is 5.70. The highest BCUT2D eigenvalue weighted by atomic mass is 16.6. The third-order valence-electron chi connectivity index (χ3n) is 2.75. The third kappa shape index (κ3) is 2.82. The number of non-ortho nitro benzene ring substituents is 1. The molecule has 1 atom stereocenters. The standard InChI is InChI=1S/C12H14N4O3/c1-8(10-5-6-13-15-10)14-11-7-9(16(17)18)3-4-12(11)19-2/h3-8,14H,1-2H3,(H,13,15). The maximum absolute atomic E-state index is 10.8. The van der Waals surface area contributed by atoms with Crippen LogP contribution >= 0.6 is 0 Å². The molecule has 100 valence electrons. The quantitative estimate of drug-likeness (QED) is 0.637. The summed E-state index contributed by atoms with van der Waals surface area (Å²) in [5, 5.41) is 20.7. The number of aromatic nitrogens is 2. The summed E-state index contributed by atoms with van der Waals surface area (Å²) in [7, 11) is 1.52. The number of nitro benzene ring substituents is 1. The van der Waals surface area contributed by atoms with E-state index >= 15 is 0 Å². The van der Waals surface area contributed by atoms with E-state index in [2.05, 4.69) is 15.5 Å². The first-order valence-corrected chi connectivity index (χ1v) is 5.70. The predicted molar refractivity (Wildman–Crippen MR) is 70.3 cm³/mol. The molecule has 1 unspecified atom stereocenters. The summed E-state index contributed by atoms with van der Waals surface area (Å²) in [5.74, 6) is 0.553. The summed E-state index contributed by atoms with van der Waals surface area (Å²) in [6.07, 6.45) is 1.65. The number of hydrogen-bond donors (Lipinski definition) is 2. The Bertz CT molecular complexity index is 568. The molecule has 2 rings (SSSR count). The summed E-state index contributed by atoms with van der Waals surface area (Å²) < 4.78 is 5.19. The van der Waals surface area contributed by atoms with Crippen molar-refractivity contribution in [2.24, 2.45) is 0 Å². The number of hydrogen-bond acceptors (Lipinski definition) is 5. The minimum atomic E-state index is -0.439. The van der Waals surface area contributed by atoms with Crippen molar-refractivity contribution in [3.8, 4) is 5.75 Å². The second kappa shape index (κ2) is 5.38. The van der Waals surface area contributed by atoms with Gasteiger partial charge in [0.2, 0.25) is 0 Å². The minimum Gasteiger partial charge on any atom is -0.495 e. The van der Waals surface area contributed by atoms with E-state index in [1.165, 1.54) is 19.2 Å². The van der Waals surface area contributed by atoms with E-state index in [-0.39, 0.29) is 11.7 Å².